The molecule has 1 fully saturated rings. The number of nitrogens with zero attached hydrogens (tertiary/aromatic N) is 3. The first-order chi connectivity index (χ1) is 9.58. The molecule has 0 amide bonds. The fraction of sp³-hybridized carbons (Fsp3) is 0.643. The minimum atomic E-state index is 0. The maximum Gasteiger partial charge on any atom is 0.191 e. The van der Waals surface area contributed by atoms with Gasteiger partial charge in [-0.25, -0.2) is 0 Å². The van der Waals surface area contributed by atoms with E-state index < -0.39 is 0 Å². The third kappa shape index (κ3) is 5.15. The molecule has 0 aromatic carbocycles. The number of halogens is 1. The monoisotopic (exact) mass is 408 g/mol. The van der Waals surface area contributed by atoms with E-state index in [0.717, 1.165) is 18.8 Å². The van der Waals surface area contributed by atoms with Crippen LogP contribution in [0, 0.1) is 0 Å². The van der Waals surface area contributed by atoms with Crippen molar-refractivity contribution in [1.82, 2.24) is 9.80 Å². The van der Waals surface area contributed by atoms with Crippen LogP contribution in [-0.2, 0) is 4.74 Å². The molecule has 0 aliphatic carbocycles. The maximum absolute atomic E-state index is 6.08. The maximum atomic E-state index is 6.08. The number of guanidine groups is 1. The molecule has 1 aliphatic rings. The second-order valence-electron chi connectivity index (χ2n) is 5.32. The van der Waals surface area contributed by atoms with Crippen LogP contribution in [0.2, 0.25) is 0 Å². The summed E-state index contributed by atoms with van der Waals surface area (Å²) in [5.74, 6) is 1.49. The van der Waals surface area contributed by atoms with Gasteiger partial charge in [0.15, 0.2) is 5.96 Å². The van der Waals surface area contributed by atoms with Crippen molar-refractivity contribution in [2.24, 2.45) is 10.7 Å². The molecule has 1 aromatic heterocycles. The highest BCUT2D eigenvalue weighted by molar-refractivity contribution is 14.0. The Balaban J connectivity index is 0.00000220. The van der Waals surface area contributed by atoms with Gasteiger partial charge in [0.2, 0.25) is 0 Å². The number of likely N-dealkylation sites (N-methyl/N-ethyl adjacent to an activating group) is 1. The zero-order valence-corrected chi connectivity index (χ0v) is 15.2. The van der Waals surface area contributed by atoms with E-state index in [1.54, 1.807) is 6.26 Å². The van der Waals surface area contributed by atoms with Crippen LogP contribution in [0.4, 0.5) is 0 Å². The summed E-state index contributed by atoms with van der Waals surface area (Å²) in [7, 11) is 4.02. The molecule has 6 nitrogen and oxygen atoms in total. The highest BCUT2D eigenvalue weighted by Crippen LogP contribution is 2.19. The predicted octanol–water partition coefficient (Wildman–Crippen LogP) is 1.54. The topological polar surface area (TPSA) is 67.2 Å². The number of ether oxygens (including phenoxy) is 1. The lowest BCUT2D eigenvalue weighted by atomic mass is 10.2. The van der Waals surface area contributed by atoms with Crippen molar-refractivity contribution in [2.75, 3.05) is 40.3 Å². The van der Waals surface area contributed by atoms with E-state index in [0.29, 0.717) is 19.1 Å². The molecule has 2 N–H and O–H groups in total. The highest BCUT2D eigenvalue weighted by atomic mass is 127. The van der Waals surface area contributed by atoms with Gasteiger partial charge >= 0.3 is 0 Å². The van der Waals surface area contributed by atoms with Crippen LogP contribution in [-0.4, -0.2) is 62.2 Å². The molecular formula is C14H25IN4O2. The van der Waals surface area contributed by atoms with E-state index >= 15 is 0 Å². The lowest BCUT2D eigenvalue weighted by Crippen LogP contribution is -2.48. The lowest BCUT2D eigenvalue weighted by Gasteiger charge is -2.32. The van der Waals surface area contributed by atoms with Crippen molar-refractivity contribution < 1.29 is 9.15 Å². The van der Waals surface area contributed by atoms with Gasteiger partial charge < -0.3 is 19.8 Å². The Morgan fingerprint density at radius 3 is 2.90 bits per heavy atom. The van der Waals surface area contributed by atoms with Gasteiger partial charge in [-0.05, 0) is 33.2 Å². The molecule has 2 atom stereocenters. The molecule has 1 saturated heterocycles. The van der Waals surface area contributed by atoms with Gasteiger partial charge in [0.05, 0.1) is 31.6 Å². The van der Waals surface area contributed by atoms with Crippen LogP contribution in [0.1, 0.15) is 18.7 Å². The van der Waals surface area contributed by atoms with Crippen molar-refractivity contribution in [2.45, 2.75) is 19.1 Å². The molecule has 2 rings (SSSR count). The van der Waals surface area contributed by atoms with Gasteiger partial charge in [0, 0.05) is 13.1 Å². The smallest absolute Gasteiger partial charge is 0.191 e. The first-order valence-electron chi connectivity index (χ1n) is 6.94. The SMILES string of the molecule is CC1CN(C(N)=NCC(c2ccco2)N(C)C)CCO1.I. The highest BCUT2D eigenvalue weighted by Gasteiger charge is 2.20. The molecular weight excluding hydrogens is 383 g/mol. The minimum Gasteiger partial charge on any atom is -0.468 e. The van der Waals surface area contributed by atoms with E-state index in [4.69, 9.17) is 14.9 Å². The Morgan fingerprint density at radius 2 is 2.33 bits per heavy atom. The minimum absolute atomic E-state index is 0. The van der Waals surface area contributed by atoms with Gasteiger partial charge in [-0.15, -0.1) is 24.0 Å². The molecule has 7 heteroatoms. The lowest BCUT2D eigenvalue weighted by molar-refractivity contribution is 0.00525. The Labute approximate surface area is 143 Å². The van der Waals surface area contributed by atoms with E-state index in [1.807, 2.05) is 33.2 Å². The summed E-state index contributed by atoms with van der Waals surface area (Å²) in [4.78, 5) is 8.68. The van der Waals surface area contributed by atoms with Gasteiger partial charge in [-0.3, -0.25) is 9.89 Å². The number of hydrogen-bond donors (Lipinski definition) is 1. The third-order valence-corrected chi connectivity index (χ3v) is 3.49. The van der Waals surface area contributed by atoms with Crippen LogP contribution >= 0.6 is 24.0 Å². The second kappa shape index (κ2) is 8.60. The number of aliphatic imine (C=N–C) groups is 1. The molecule has 21 heavy (non-hydrogen) atoms. The zero-order chi connectivity index (χ0) is 14.5. The Hall–Kier alpha value is -0.800. The van der Waals surface area contributed by atoms with Crippen molar-refractivity contribution in [1.29, 1.82) is 0 Å². The van der Waals surface area contributed by atoms with E-state index in [9.17, 15) is 0 Å². The fourth-order valence-electron chi connectivity index (χ4n) is 2.30. The summed E-state index contributed by atoms with van der Waals surface area (Å²) in [5, 5.41) is 0. The number of furan rings is 1. The second-order valence-corrected chi connectivity index (χ2v) is 5.32. The van der Waals surface area contributed by atoms with Crippen LogP contribution in [0.25, 0.3) is 0 Å². The normalized spacial score (nSPS) is 21.2. The number of morpholine rings is 1. The van der Waals surface area contributed by atoms with Gasteiger partial charge in [-0.2, -0.15) is 0 Å². The summed E-state index contributed by atoms with van der Waals surface area (Å²) in [5.41, 5.74) is 6.08. The van der Waals surface area contributed by atoms with Crippen molar-refractivity contribution in [3.63, 3.8) is 0 Å². The molecule has 1 aromatic rings. The van der Waals surface area contributed by atoms with Crippen LogP contribution in [0.15, 0.2) is 27.8 Å². The number of hydrogen-bond acceptors (Lipinski definition) is 4. The van der Waals surface area contributed by atoms with Gasteiger partial charge in [0.1, 0.15) is 5.76 Å². The predicted molar refractivity (Wildman–Crippen MR) is 94.0 cm³/mol. The first-order valence-corrected chi connectivity index (χ1v) is 6.94. The molecule has 0 saturated carbocycles. The average molecular weight is 408 g/mol. The quantitative estimate of drug-likeness (QED) is 0.465. The Kier molecular flexibility index (Phi) is 7.47. The molecule has 0 bridgehead atoms. The fourth-order valence-corrected chi connectivity index (χ4v) is 2.30. The van der Waals surface area contributed by atoms with Crippen molar-refractivity contribution in [3.8, 4) is 0 Å². The zero-order valence-electron chi connectivity index (χ0n) is 12.9. The third-order valence-electron chi connectivity index (χ3n) is 3.49. The Bertz CT molecular complexity index is 436. The van der Waals surface area contributed by atoms with E-state index in [2.05, 4.69) is 14.8 Å². The molecule has 1 aliphatic heterocycles. The molecule has 120 valence electrons. The summed E-state index contributed by atoms with van der Waals surface area (Å²) in [6.07, 6.45) is 1.88. The first kappa shape index (κ1) is 18.2. The van der Waals surface area contributed by atoms with Gasteiger partial charge in [0.25, 0.3) is 0 Å². The van der Waals surface area contributed by atoms with E-state index in [1.165, 1.54) is 0 Å². The summed E-state index contributed by atoms with van der Waals surface area (Å²) >= 11 is 0. The van der Waals surface area contributed by atoms with Crippen LogP contribution < -0.4 is 5.73 Å². The average Bonchev–Trinajstić information content (AvgIpc) is 2.92. The number of nitrogens with two attached hydrogens (primary N) is 1. The molecule has 0 radical (unpaired) electrons. The van der Waals surface area contributed by atoms with Gasteiger partial charge in [-0.1, -0.05) is 0 Å². The van der Waals surface area contributed by atoms with Crippen LogP contribution in [0.3, 0.4) is 0 Å². The largest absolute Gasteiger partial charge is 0.468 e. The van der Waals surface area contributed by atoms with Crippen molar-refractivity contribution >= 4 is 29.9 Å². The molecule has 0 spiro atoms. The van der Waals surface area contributed by atoms with Crippen molar-refractivity contribution in [3.05, 3.63) is 24.2 Å². The summed E-state index contributed by atoms with van der Waals surface area (Å²) < 4.78 is 11.0. The van der Waals surface area contributed by atoms with E-state index in [-0.39, 0.29) is 36.1 Å². The summed E-state index contributed by atoms with van der Waals surface area (Å²) in [6, 6.07) is 3.96. The van der Waals surface area contributed by atoms with Crippen LogP contribution in [0.5, 0.6) is 0 Å². The standard InChI is InChI=1S/C14H24N4O2.HI/c1-11-10-18(6-8-19-11)14(15)16-9-12(17(2)3)13-5-4-7-20-13;/h4-5,7,11-12H,6,8-10H2,1-3H3,(H2,15,16);1H. The Morgan fingerprint density at radius 1 is 1.57 bits per heavy atom. The molecule has 2 unspecified atom stereocenters. The summed E-state index contributed by atoms with van der Waals surface area (Å²) in [6.45, 7) is 4.92. The number of rotatable bonds is 4. The molecule has 2 heterocycles.